The molecule has 0 atom stereocenters. The molecule has 27 heavy (non-hydrogen) atoms. The van der Waals surface area contributed by atoms with Crippen LogP contribution in [0.15, 0.2) is 41.4 Å². The third kappa shape index (κ3) is 3.79. The molecule has 2 aromatic heterocycles. The summed E-state index contributed by atoms with van der Waals surface area (Å²) in [5.74, 6) is 1.32. The quantitative estimate of drug-likeness (QED) is 0.810. The molecule has 0 N–H and O–H groups in total. The molecule has 2 fully saturated rings. The number of piperidine rings is 1. The van der Waals surface area contributed by atoms with Gasteiger partial charge in [-0.2, -0.15) is 0 Å². The number of amides is 2. The zero-order valence-electron chi connectivity index (χ0n) is 15.2. The summed E-state index contributed by atoms with van der Waals surface area (Å²) in [4.78, 5) is 39.5. The highest BCUT2D eigenvalue weighted by Gasteiger charge is 2.32. The largest absolute Gasteiger partial charge is 0.459 e. The first-order chi connectivity index (χ1) is 13.2. The lowest BCUT2D eigenvalue weighted by Crippen LogP contribution is -2.52. The predicted octanol–water partition coefficient (Wildman–Crippen LogP) is 1.27. The van der Waals surface area contributed by atoms with Gasteiger partial charge in [0, 0.05) is 57.6 Å². The molecule has 4 rings (SSSR count). The monoisotopic (exact) mass is 369 g/mol. The van der Waals surface area contributed by atoms with Gasteiger partial charge in [-0.1, -0.05) is 0 Å². The molecule has 0 bridgehead atoms. The van der Waals surface area contributed by atoms with Crippen LogP contribution in [-0.4, -0.2) is 70.9 Å². The normalized spacial score (nSPS) is 18.6. The number of carbonyl (C=O) groups excluding carboxylic acids is 2. The highest BCUT2D eigenvalue weighted by atomic mass is 16.3. The van der Waals surface area contributed by atoms with Crippen molar-refractivity contribution in [2.75, 3.05) is 44.2 Å². The molecule has 0 saturated carbocycles. The van der Waals surface area contributed by atoms with Crippen molar-refractivity contribution in [3.63, 3.8) is 0 Å². The molecule has 0 spiro atoms. The van der Waals surface area contributed by atoms with Crippen molar-refractivity contribution in [3.8, 4) is 0 Å². The van der Waals surface area contributed by atoms with E-state index in [0.717, 1.165) is 18.9 Å². The van der Waals surface area contributed by atoms with E-state index in [0.29, 0.717) is 44.8 Å². The third-order valence-corrected chi connectivity index (χ3v) is 5.33. The first-order valence-corrected chi connectivity index (χ1v) is 9.35. The van der Waals surface area contributed by atoms with E-state index in [1.807, 2.05) is 4.90 Å². The van der Waals surface area contributed by atoms with Crippen LogP contribution >= 0.6 is 0 Å². The van der Waals surface area contributed by atoms with E-state index in [-0.39, 0.29) is 17.7 Å². The number of furan rings is 1. The summed E-state index contributed by atoms with van der Waals surface area (Å²) in [7, 11) is 0. The summed E-state index contributed by atoms with van der Waals surface area (Å²) in [6.45, 7) is 4.10. The predicted molar refractivity (Wildman–Crippen MR) is 98.2 cm³/mol. The number of carbonyl (C=O) groups is 2. The number of aromatic nitrogens is 2. The van der Waals surface area contributed by atoms with Crippen LogP contribution in [0, 0.1) is 5.92 Å². The van der Waals surface area contributed by atoms with Crippen LogP contribution in [0.5, 0.6) is 0 Å². The molecule has 0 aliphatic carbocycles. The Bertz CT molecular complexity index is 764. The van der Waals surface area contributed by atoms with Crippen LogP contribution in [0.1, 0.15) is 23.4 Å². The van der Waals surface area contributed by atoms with Crippen molar-refractivity contribution < 1.29 is 14.0 Å². The lowest BCUT2D eigenvalue weighted by molar-refractivity contribution is -0.137. The standard InChI is InChI=1S/C19H23N5O3/c25-18(24-11-9-22(10-12-24)17-14-20-5-6-21-17)15-3-7-23(8-4-15)19(26)16-2-1-13-27-16/h1-2,5-6,13-15H,3-4,7-12H2. The smallest absolute Gasteiger partial charge is 0.289 e. The van der Waals surface area contributed by atoms with Gasteiger partial charge in [0.25, 0.3) is 5.91 Å². The van der Waals surface area contributed by atoms with Crippen LogP contribution in [0.2, 0.25) is 0 Å². The Labute approximate surface area is 157 Å². The van der Waals surface area contributed by atoms with Crippen LogP contribution in [0.3, 0.4) is 0 Å². The number of anilines is 1. The molecule has 2 aliphatic heterocycles. The van der Waals surface area contributed by atoms with E-state index in [9.17, 15) is 9.59 Å². The first-order valence-electron chi connectivity index (χ1n) is 9.35. The number of hydrogen-bond acceptors (Lipinski definition) is 6. The Morgan fingerprint density at radius 2 is 1.78 bits per heavy atom. The molecule has 2 saturated heterocycles. The molecular formula is C19H23N5O3. The molecule has 2 amide bonds. The average Bonchev–Trinajstić information content (AvgIpc) is 3.28. The van der Waals surface area contributed by atoms with E-state index in [4.69, 9.17) is 4.42 Å². The highest BCUT2D eigenvalue weighted by Crippen LogP contribution is 2.22. The Balaban J connectivity index is 1.27. The molecule has 0 radical (unpaired) electrons. The summed E-state index contributed by atoms with van der Waals surface area (Å²) in [5.41, 5.74) is 0. The van der Waals surface area contributed by atoms with Crippen molar-refractivity contribution >= 4 is 17.6 Å². The molecule has 0 aromatic carbocycles. The van der Waals surface area contributed by atoms with E-state index >= 15 is 0 Å². The fourth-order valence-electron chi connectivity index (χ4n) is 3.75. The van der Waals surface area contributed by atoms with Crippen molar-refractivity contribution in [1.29, 1.82) is 0 Å². The van der Waals surface area contributed by atoms with Gasteiger partial charge >= 0.3 is 0 Å². The molecule has 4 heterocycles. The Morgan fingerprint density at radius 1 is 1.00 bits per heavy atom. The zero-order chi connectivity index (χ0) is 18.6. The highest BCUT2D eigenvalue weighted by molar-refractivity contribution is 5.91. The second kappa shape index (κ2) is 7.77. The number of piperazine rings is 1. The van der Waals surface area contributed by atoms with Crippen molar-refractivity contribution in [1.82, 2.24) is 19.8 Å². The maximum atomic E-state index is 12.9. The van der Waals surface area contributed by atoms with Crippen LogP contribution < -0.4 is 4.90 Å². The van der Waals surface area contributed by atoms with Gasteiger partial charge in [-0.3, -0.25) is 14.6 Å². The fraction of sp³-hybridized carbons (Fsp3) is 0.474. The van der Waals surface area contributed by atoms with E-state index < -0.39 is 0 Å². The SMILES string of the molecule is O=C(c1ccco1)N1CCC(C(=O)N2CCN(c3cnccn3)CC2)CC1. The molecular weight excluding hydrogens is 346 g/mol. The molecule has 8 heteroatoms. The van der Waals surface area contributed by atoms with Gasteiger partial charge < -0.3 is 19.1 Å². The van der Waals surface area contributed by atoms with Crippen LogP contribution in [0.25, 0.3) is 0 Å². The lowest BCUT2D eigenvalue weighted by Gasteiger charge is -2.38. The Hall–Kier alpha value is -2.90. The van der Waals surface area contributed by atoms with E-state index in [1.165, 1.54) is 6.26 Å². The Kier molecular flexibility index (Phi) is 5.04. The van der Waals surface area contributed by atoms with Gasteiger partial charge in [0.15, 0.2) is 5.76 Å². The van der Waals surface area contributed by atoms with E-state index in [2.05, 4.69) is 14.9 Å². The third-order valence-electron chi connectivity index (χ3n) is 5.33. The van der Waals surface area contributed by atoms with Gasteiger partial charge in [-0.15, -0.1) is 0 Å². The maximum absolute atomic E-state index is 12.9. The van der Waals surface area contributed by atoms with E-state index in [1.54, 1.807) is 35.6 Å². The maximum Gasteiger partial charge on any atom is 0.289 e. The summed E-state index contributed by atoms with van der Waals surface area (Å²) < 4.78 is 5.18. The van der Waals surface area contributed by atoms with Gasteiger partial charge in [-0.25, -0.2) is 4.98 Å². The molecule has 0 unspecified atom stereocenters. The number of hydrogen-bond donors (Lipinski definition) is 0. The summed E-state index contributed by atoms with van der Waals surface area (Å²) in [6, 6.07) is 3.39. The van der Waals surface area contributed by atoms with Gasteiger partial charge in [0.1, 0.15) is 5.82 Å². The minimum atomic E-state index is -0.0940. The van der Waals surface area contributed by atoms with Gasteiger partial charge in [0.2, 0.25) is 5.91 Å². The van der Waals surface area contributed by atoms with Crippen molar-refractivity contribution in [2.24, 2.45) is 5.92 Å². The molecule has 8 nitrogen and oxygen atoms in total. The van der Waals surface area contributed by atoms with Crippen LogP contribution in [-0.2, 0) is 4.79 Å². The fourth-order valence-corrected chi connectivity index (χ4v) is 3.75. The lowest BCUT2D eigenvalue weighted by atomic mass is 9.94. The van der Waals surface area contributed by atoms with Crippen molar-refractivity contribution in [2.45, 2.75) is 12.8 Å². The Morgan fingerprint density at radius 3 is 2.41 bits per heavy atom. The number of rotatable bonds is 3. The molecule has 142 valence electrons. The molecule has 2 aliphatic rings. The zero-order valence-corrected chi connectivity index (χ0v) is 15.2. The molecule has 2 aromatic rings. The number of likely N-dealkylation sites (tertiary alicyclic amines) is 1. The average molecular weight is 369 g/mol. The summed E-state index contributed by atoms with van der Waals surface area (Å²) >= 11 is 0. The minimum Gasteiger partial charge on any atom is -0.459 e. The first kappa shape index (κ1) is 17.5. The summed E-state index contributed by atoms with van der Waals surface area (Å²) in [5, 5.41) is 0. The second-order valence-corrected chi connectivity index (χ2v) is 6.92. The number of nitrogens with zero attached hydrogens (tertiary/aromatic N) is 5. The van der Waals surface area contributed by atoms with Gasteiger partial charge in [0.05, 0.1) is 12.5 Å². The van der Waals surface area contributed by atoms with Crippen molar-refractivity contribution in [3.05, 3.63) is 42.7 Å². The summed E-state index contributed by atoms with van der Waals surface area (Å²) in [6.07, 6.45) is 8.01. The second-order valence-electron chi connectivity index (χ2n) is 6.92. The minimum absolute atomic E-state index is 0.00582. The topological polar surface area (TPSA) is 82.8 Å². The van der Waals surface area contributed by atoms with Gasteiger partial charge in [-0.05, 0) is 25.0 Å². The van der Waals surface area contributed by atoms with Crippen LogP contribution in [0.4, 0.5) is 5.82 Å².